The summed E-state index contributed by atoms with van der Waals surface area (Å²) in [7, 11) is 0. The van der Waals surface area contributed by atoms with Crippen molar-refractivity contribution in [3.63, 3.8) is 0 Å². The molecule has 1 heterocycles. The van der Waals surface area contributed by atoms with E-state index in [9.17, 15) is 9.18 Å². The number of anilines is 1. The van der Waals surface area contributed by atoms with Gasteiger partial charge >= 0.3 is 0 Å². The summed E-state index contributed by atoms with van der Waals surface area (Å²) < 4.78 is 15.0. The van der Waals surface area contributed by atoms with Crippen molar-refractivity contribution in [3.8, 4) is 0 Å². The molecule has 1 atom stereocenters. The number of amides is 1. The lowest BCUT2D eigenvalue weighted by Gasteiger charge is -2.14. The van der Waals surface area contributed by atoms with Crippen molar-refractivity contribution in [3.05, 3.63) is 108 Å². The highest BCUT2D eigenvalue weighted by Gasteiger charge is 2.19. The van der Waals surface area contributed by atoms with Gasteiger partial charge in [-0.05, 0) is 35.4 Å². The molecule has 1 aromatic heterocycles. The van der Waals surface area contributed by atoms with Gasteiger partial charge in [0, 0.05) is 29.3 Å². The Bertz CT molecular complexity index is 1110. The number of fused-ring (bicyclic) bond motifs is 1. The number of halogens is 1. The summed E-state index contributed by atoms with van der Waals surface area (Å²) in [6.07, 6.45) is 0.675. The van der Waals surface area contributed by atoms with Crippen LogP contribution in [0.2, 0.25) is 0 Å². The van der Waals surface area contributed by atoms with Gasteiger partial charge in [0.2, 0.25) is 0 Å². The van der Waals surface area contributed by atoms with Crippen molar-refractivity contribution >= 4 is 22.5 Å². The number of hydrogen-bond donors (Lipinski definition) is 1. The zero-order chi connectivity index (χ0) is 19.3. The second kappa shape index (κ2) is 8.01. The van der Waals surface area contributed by atoms with Crippen LogP contribution in [0.3, 0.4) is 0 Å². The predicted molar refractivity (Wildman–Crippen MR) is 110 cm³/mol. The standard InChI is InChI=1S/C24H19FN2O/c25-22(15-17-7-2-1-3-8-17)20-10-4-5-11-21(20)24(28)27-19-13-12-18-9-6-14-26-23(18)16-19/h1-14,16,22H,15H2,(H,27,28). The van der Waals surface area contributed by atoms with Crippen molar-refractivity contribution in [1.82, 2.24) is 4.98 Å². The predicted octanol–water partition coefficient (Wildman–Crippen LogP) is 5.74. The maximum atomic E-state index is 15.0. The fourth-order valence-electron chi connectivity index (χ4n) is 3.25. The van der Waals surface area contributed by atoms with Crippen LogP contribution in [0.1, 0.15) is 27.7 Å². The Morgan fingerprint density at radius 2 is 1.71 bits per heavy atom. The zero-order valence-electron chi connectivity index (χ0n) is 15.2. The third-order valence-corrected chi connectivity index (χ3v) is 4.66. The number of carbonyl (C=O) groups excluding carboxylic acids is 1. The monoisotopic (exact) mass is 370 g/mol. The van der Waals surface area contributed by atoms with Crippen molar-refractivity contribution in [2.75, 3.05) is 5.32 Å². The molecule has 4 aromatic rings. The molecule has 4 heteroatoms. The van der Waals surface area contributed by atoms with E-state index in [1.165, 1.54) is 0 Å². The molecule has 1 amide bonds. The highest BCUT2D eigenvalue weighted by molar-refractivity contribution is 6.06. The average molecular weight is 370 g/mol. The molecule has 0 fully saturated rings. The minimum absolute atomic E-state index is 0.227. The topological polar surface area (TPSA) is 42.0 Å². The maximum absolute atomic E-state index is 15.0. The molecule has 0 aliphatic heterocycles. The summed E-state index contributed by atoms with van der Waals surface area (Å²) in [5.41, 5.74) is 3.05. The number of aromatic nitrogens is 1. The van der Waals surface area contributed by atoms with Crippen LogP contribution in [0.15, 0.2) is 91.1 Å². The largest absolute Gasteiger partial charge is 0.322 e. The molecule has 1 N–H and O–H groups in total. The van der Waals surface area contributed by atoms with Gasteiger partial charge in [-0.1, -0.05) is 60.7 Å². The lowest BCUT2D eigenvalue weighted by molar-refractivity contribution is 0.102. The quantitative estimate of drug-likeness (QED) is 0.487. The number of alkyl halides is 1. The molecule has 1 unspecified atom stereocenters. The van der Waals surface area contributed by atoms with Gasteiger partial charge in [0.1, 0.15) is 6.17 Å². The van der Waals surface area contributed by atoms with Gasteiger partial charge in [0.15, 0.2) is 0 Å². The van der Waals surface area contributed by atoms with Crippen LogP contribution >= 0.6 is 0 Å². The number of hydrogen-bond acceptors (Lipinski definition) is 2. The molecule has 0 aliphatic carbocycles. The first-order valence-electron chi connectivity index (χ1n) is 9.14. The van der Waals surface area contributed by atoms with Crippen LogP contribution in [0.5, 0.6) is 0 Å². The molecule has 0 saturated heterocycles. The van der Waals surface area contributed by atoms with E-state index in [1.54, 1.807) is 30.5 Å². The highest BCUT2D eigenvalue weighted by atomic mass is 19.1. The fourth-order valence-corrected chi connectivity index (χ4v) is 3.25. The molecule has 28 heavy (non-hydrogen) atoms. The van der Waals surface area contributed by atoms with Crippen LogP contribution in [0, 0.1) is 0 Å². The van der Waals surface area contributed by atoms with E-state index < -0.39 is 6.17 Å². The number of nitrogens with one attached hydrogen (secondary N) is 1. The number of rotatable bonds is 5. The van der Waals surface area contributed by atoms with E-state index in [0.29, 0.717) is 16.8 Å². The Morgan fingerprint density at radius 3 is 2.57 bits per heavy atom. The second-order valence-electron chi connectivity index (χ2n) is 6.61. The van der Waals surface area contributed by atoms with Gasteiger partial charge in [-0.2, -0.15) is 0 Å². The minimum Gasteiger partial charge on any atom is -0.322 e. The smallest absolute Gasteiger partial charge is 0.256 e. The normalized spacial score (nSPS) is 11.9. The SMILES string of the molecule is O=C(Nc1ccc2cccnc2c1)c1ccccc1C(F)Cc1ccccc1. The molecular formula is C24H19FN2O. The summed E-state index contributed by atoms with van der Waals surface area (Å²) >= 11 is 0. The molecule has 0 radical (unpaired) electrons. The molecule has 0 aliphatic rings. The Labute approximate surface area is 162 Å². The van der Waals surface area contributed by atoms with E-state index in [2.05, 4.69) is 10.3 Å². The molecule has 0 spiro atoms. The summed E-state index contributed by atoms with van der Waals surface area (Å²) in [5.74, 6) is -0.332. The third kappa shape index (κ3) is 3.91. The van der Waals surface area contributed by atoms with Crippen LogP contribution in [-0.2, 0) is 6.42 Å². The summed E-state index contributed by atoms with van der Waals surface area (Å²) in [6, 6.07) is 25.6. The van der Waals surface area contributed by atoms with Gasteiger partial charge in [-0.25, -0.2) is 4.39 Å². The number of benzene rings is 3. The number of nitrogens with zero attached hydrogens (tertiary/aromatic N) is 1. The Hall–Kier alpha value is -3.53. The lowest BCUT2D eigenvalue weighted by Crippen LogP contribution is -2.15. The first kappa shape index (κ1) is 17.9. The van der Waals surface area contributed by atoms with Crippen LogP contribution in [0.4, 0.5) is 10.1 Å². The van der Waals surface area contributed by atoms with Gasteiger partial charge in [-0.3, -0.25) is 9.78 Å². The molecule has 4 rings (SSSR count). The molecule has 0 saturated carbocycles. The first-order valence-corrected chi connectivity index (χ1v) is 9.14. The molecule has 3 aromatic carbocycles. The highest BCUT2D eigenvalue weighted by Crippen LogP contribution is 2.26. The molecular weight excluding hydrogens is 351 g/mol. The summed E-state index contributed by atoms with van der Waals surface area (Å²) in [4.78, 5) is 17.1. The van der Waals surface area contributed by atoms with E-state index in [1.807, 2.05) is 60.7 Å². The molecule has 138 valence electrons. The number of carbonyl (C=O) groups is 1. The maximum Gasteiger partial charge on any atom is 0.256 e. The van der Waals surface area contributed by atoms with E-state index in [4.69, 9.17) is 0 Å². The Balaban J connectivity index is 1.57. The van der Waals surface area contributed by atoms with Gasteiger partial charge < -0.3 is 5.32 Å². The summed E-state index contributed by atoms with van der Waals surface area (Å²) in [5, 5.41) is 3.86. The van der Waals surface area contributed by atoms with Crippen LogP contribution < -0.4 is 5.32 Å². The fraction of sp³-hybridized carbons (Fsp3) is 0.0833. The van der Waals surface area contributed by atoms with Crippen molar-refractivity contribution in [2.24, 2.45) is 0 Å². The number of pyridine rings is 1. The van der Waals surface area contributed by atoms with Gasteiger partial charge in [0.25, 0.3) is 5.91 Å². The average Bonchev–Trinajstić information content (AvgIpc) is 2.74. The van der Waals surface area contributed by atoms with Crippen LogP contribution in [0.25, 0.3) is 10.9 Å². The zero-order valence-corrected chi connectivity index (χ0v) is 15.2. The van der Waals surface area contributed by atoms with Crippen molar-refractivity contribution < 1.29 is 9.18 Å². The third-order valence-electron chi connectivity index (χ3n) is 4.66. The van der Waals surface area contributed by atoms with Gasteiger partial charge in [0.05, 0.1) is 5.52 Å². The second-order valence-corrected chi connectivity index (χ2v) is 6.61. The lowest BCUT2D eigenvalue weighted by atomic mass is 9.97. The van der Waals surface area contributed by atoms with Crippen molar-refractivity contribution in [2.45, 2.75) is 12.6 Å². The minimum atomic E-state index is -1.26. The van der Waals surface area contributed by atoms with Gasteiger partial charge in [-0.15, -0.1) is 0 Å². The van der Waals surface area contributed by atoms with E-state index in [0.717, 1.165) is 16.5 Å². The van der Waals surface area contributed by atoms with E-state index in [-0.39, 0.29) is 12.3 Å². The Kier molecular flexibility index (Phi) is 5.11. The molecule has 3 nitrogen and oxygen atoms in total. The van der Waals surface area contributed by atoms with Crippen molar-refractivity contribution in [1.29, 1.82) is 0 Å². The Morgan fingerprint density at radius 1 is 0.929 bits per heavy atom. The van der Waals surface area contributed by atoms with E-state index >= 15 is 0 Å². The first-order chi connectivity index (χ1) is 13.7. The summed E-state index contributed by atoms with van der Waals surface area (Å²) in [6.45, 7) is 0. The van der Waals surface area contributed by atoms with Crippen LogP contribution in [-0.4, -0.2) is 10.9 Å². The molecule has 0 bridgehead atoms.